The molecule has 0 bridgehead atoms. The Kier molecular flexibility index (Phi) is 28.0. The molecule has 0 aliphatic rings. The van der Waals surface area contributed by atoms with Crippen LogP contribution in [-0.2, 0) is 39.5 Å². The summed E-state index contributed by atoms with van der Waals surface area (Å²) in [6.07, 6.45) is 0. The molecule has 0 heterocycles. The normalized spacial score (nSPS) is 8.77. The standard InChI is InChI=1S/C6H16O3Si.CH4O.Zr/c1-4-7-10(8-5-2)9-6-3;1-2;/h10H,4-6H2,1-3H3;2H,1H3;. The van der Waals surface area contributed by atoms with Crippen LogP contribution < -0.4 is 0 Å². The van der Waals surface area contributed by atoms with Gasteiger partial charge in [0.2, 0.25) is 0 Å². The molecule has 0 aromatic carbocycles. The third-order valence-electron chi connectivity index (χ3n) is 0.908. The quantitative estimate of drug-likeness (QED) is 0.719. The molecule has 6 heteroatoms. The molecular formula is C7H20O4SiZr. The van der Waals surface area contributed by atoms with Crippen molar-refractivity contribution in [3.05, 3.63) is 0 Å². The average Bonchev–Trinajstić information content (AvgIpc) is 2.10. The Morgan fingerprint density at radius 1 is 0.846 bits per heavy atom. The Morgan fingerprint density at radius 3 is 1.23 bits per heavy atom. The number of aliphatic hydroxyl groups is 1. The van der Waals surface area contributed by atoms with Gasteiger partial charge in [0.05, 0.1) is 0 Å². The van der Waals surface area contributed by atoms with Crippen LogP contribution in [0.25, 0.3) is 0 Å². The fourth-order valence-electron chi connectivity index (χ4n) is 0.553. The van der Waals surface area contributed by atoms with E-state index in [1.54, 1.807) is 0 Å². The van der Waals surface area contributed by atoms with Gasteiger partial charge in [0.15, 0.2) is 0 Å². The first-order valence-corrected chi connectivity index (χ1v) is 5.56. The molecular weight excluding hydrogens is 267 g/mol. The Morgan fingerprint density at radius 2 is 1.08 bits per heavy atom. The molecule has 0 fully saturated rings. The number of hydrogen-bond donors (Lipinski definition) is 1. The van der Waals surface area contributed by atoms with Gasteiger partial charge in [0, 0.05) is 53.1 Å². The van der Waals surface area contributed by atoms with Gasteiger partial charge in [0.25, 0.3) is 0 Å². The molecule has 0 aromatic heterocycles. The van der Waals surface area contributed by atoms with Crippen LogP contribution in [-0.4, -0.2) is 41.6 Å². The van der Waals surface area contributed by atoms with E-state index < -0.39 is 9.53 Å². The second kappa shape index (κ2) is 18.7. The Hall–Kier alpha value is 0.940. The fourth-order valence-corrected chi connectivity index (χ4v) is 1.66. The summed E-state index contributed by atoms with van der Waals surface area (Å²) < 4.78 is 15.7. The minimum absolute atomic E-state index is 0. The van der Waals surface area contributed by atoms with Gasteiger partial charge in [-0.3, -0.25) is 0 Å². The van der Waals surface area contributed by atoms with Gasteiger partial charge in [-0.15, -0.1) is 0 Å². The van der Waals surface area contributed by atoms with Crippen molar-refractivity contribution in [1.29, 1.82) is 0 Å². The molecule has 0 aromatic rings. The van der Waals surface area contributed by atoms with Crippen molar-refractivity contribution in [3.8, 4) is 0 Å². The van der Waals surface area contributed by atoms with Crippen LogP contribution in [0.2, 0.25) is 0 Å². The van der Waals surface area contributed by atoms with Crippen LogP contribution in [0.5, 0.6) is 0 Å². The molecule has 0 spiro atoms. The molecule has 0 radical (unpaired) electrons. The van der Waals surface area contributed by atoms with Crippen molar-refractivity contribution in [2.75, 3.05) is 26.9 Å². The second-order valence-electron chi connectivity index (χ2n) is 1.65. The molecule has 0 aliphatic heterocycles. The Balaban J connectivity index is -0.000000309. The zero-order valence-corrected chi connectivity index (χ0v) is 12.5. The van der Waals surface area contributed by atoms with Gasteiger partial charge in [-0.05, 0) is 20.8 Å². The molecule has 0 saturated carbocycles. The van der Waals surface area contributed by atoms with Gasteiger partial charge in [-0.1, -0.05) is 0 Å². The smallest absolute Gasteiger partial charge is 0.400 e. The van der Waals surface area contributed by atoms with Crippen LogP contribution in [0.4, 0.5) is 0 Å². The van der Waals surface area contributed by atoms with Crippen molar-refractivity contribution in [2.24, 2.45) is 0 Å². The van der Waals surface area contributed by atoms with Crippen molar-refractivity contribution in [3.63, 3.8) is 0 Å². The predicted octanol–water partition coefficient (Wildman–Crippen LogP) is 0.419. The van der Waals surface area contributed by atoms with E-state index >= 15 is 0 Å². The molecule has 0 unspecified atom stereocenters. The summed E-state index contributed by atoms with van der Waals surface area (Å²) in [5.74, 6) is 0. The van der Waals surface area contributed by atoms with Crippen molar-refractivity contribution >= 4 is 9.53 Å². The van der Waals surface area contributed by atoms with Crippen LogP contribution in [0.3, 0.4) is 0 Å². The van der Waals surface area contributed by atoms with Gasteiger partial charge in [-0.2, -0.15) is 0 Å². The van der Waals surface area contributed by atoms with E-state index in [2.05, 4.69) is 0 Å². The maximum atomic E-state index is 7.00. The fraction of sp³-hybridized carbons (Fsp3) is 1.00. The largest absolute Gasteiger partial charge is 0.484 e. The third-order valence-corrected chi connectivity index (χ3v) is 2.72. The molecule has 1 N–H and O–H groups in total. The van der Waals surface area contributed by atoms with E-state index in [-0.39, 0.29) is 26.2 Å². The number of hydrogen-bond acceptors (Lipinski definition) is 4. The first kappa shape index (κ1) is 19.5. The predicted molar refractivity (Wildman–Crippen MR) is 50.2 cm³/mol. The van der Waals surface area contributed by atoms with Crippen LogP contribution in [0.15, 0.2) is 0 Å². The average molecular weight is 288 g/mol. The minimum Gasteiger partial charge on any atom is -0.400 e. The van der Waals surface area contributed by atoms with E-state index in [4.69, 9.17) is 18.4 Å². The maximum absolute atomic E-state index is 7.00. The van der Waals surface area contributed by atoms with Crippen molar-refractivity contribution < 1.29 is 44.6 Å². The summed E-state index contributed by atoms with van der Waals surface area (Å²) in [6.45, 7) is 7.86. The summed E-state index contributed by atoms with van der Waals surface area (Å²) >= 11 is 0. The van der Waals surface area contributed by atoms with Crippen LogP contribution in [0.1, 0.15) is 20.8 Å². The SMILES string of the molecule is CCO[SiH](OCC)OCC.CO.[Zr]. The molecule has 0 saturated heterocycles. The molecule has 0 amide bonds. The minimum atomic E-state index is -1.73. The first-order valence-electron chi connectivity index (χ1n) is 4.14. The number of rotatable bonds is 6. The Labute approximate surface area is 102 Å². The van der Waals surface area contributed by atoms with E-state index in [1.807, 2.05) is 20.8 Å². The monoisotopic (exact) mass is 286 g/mol. The third kappa shape index (κ3) is 15.7. The summed E-state index contributed by atoms with van der Waals surface area (Å²) in [4.78, 5) is 0. The van der Waals surface area contributed by atoms with Crippen LogP contribution >= 0.6 is 0 Å². The summed E-state index contributed by atoms with van der Waals surface area (Å²) in [5.41, 5.74) is 0. The van der Waals surface area contributed by atoms with E-state index in [1.165, 1.54) is 0 Å². The van der Waals surface area contributed by atoms with Crippen molar-refractivity contribution in [2.45, 2.75) is 20.8 Å². The molecule has 0 aliphatic carbocycles. The van der Waals surface area contributed by atoms with Crippen molar-refractivity contribution in [1.82, 2.24) is 0 Å². The van der Waals surface area contributed by atoms with Gasteiger partial charge < -0.3 is 18.4 Å². The van der Waals surface area contributed by atoms with E-state index in [0.717, 1.165) is 7.11 Å². The van der Waals surface area contributed by atoms with Gasteiger partial charge >= 0.3 is 9.53 Å². The maximum Gasteiger partial charge on any atom is 0.484 e. The topological polar surface area (TPSA) is 47.9 Å². The first-order chi connectivity index (χ1) is 5.85. The van der Waals surface area contributed by atoms with E-state index in [9.17, 15) is 0 Å². The molecule has 13 heavy (non-hydrogen) atoms. The molecule has 80 valence electrons. The van der Waals surface area contributed by atoms with E-state index in [0.29, 0.717) is 19.8 Å². The molecule has 0 atom stereocenters. The summed E-state index contributed by atoms with van der Waals surface area (Å²) in [6, 6.07) is 0. The summed E-state index contributed by atoms with van der Waals surface area (Å²) in [5, 5.41) is 7.00. The van der Waals surface area contributed by atoms with Gasteiger partial charge in [-0.25, -0.2) is 0 Å². The second-order valence-corrected chi connectivity index (χ2v) is 3.23. The zero-order valence-electron chi connectivity index (χ0n) is 8.87. The molecule has 4 nitrogen and oxygen atoms in total. The van der Waals surface area contributed by atoms with Crippen LogP contribution in [0, 0.1) is 0 Å². The molecule has 0 rings (SSSR count). The number of aliphatic hydroxyl groups excluding tert-OH is 1. The van der Waals surface area contributed by atoms with Gasteiger partial charge in [0.1, 0.15) is 0 Å². The zero-order chi connectivity index (χ0) is 9.82. The summed E-state index contributed by atoms with van der Waals surface area (Å²) in [7, 11) is -0.734. The Bertz CT molecular complexity index is 63.2.